The molecular weight excluding hydrogens is 389 g/mol. The first-order valence-corrected chi connectivity index (χ1v) is 9.50. The van der Waals surface area contributed by atoms with Crippen molar-refractivity contribution in [2.24, 2.45) is 0 Å². The minimum atomic E-state index is -0.713. The summed E-state index contributed by atoms with van der Waals surface area (Å²) < 4.78 is 5.63. The topological polar surface area (TPSA) is 61.9 Å². The molecule has 3 rings (SSSR count). The van der Waals surface area contributed by atoms with E-state index in [9.17, 15) is 9.59 Å². The van der Waals surface area contributed by atoms with Crippen molar-refractivity contribution in [3.8, 4) is 0 Å². The lowest BCUT2D eigenvalue weighted by Gasteiger charge is -2.42. The highest BCUT2D eigenvalue weighted by Gasteiger charge is 2.43. The number of hydrogen-bond acceptors (Lipinski definition) is 4. The van der Waals surface area contributed by atoms with Crippen molar-refractivity contribution in [1.29, 1.82) is 0 Å². The van der Waals surface area contributed by atoms with Gasteiger partial charge >= 0.3 is 0 Å². The lowest BCUT2D eigenvalue weighted by molar-refractivity contribution is -0.161. The van der Waals surface area contributed by atoms with Crippen LogP contribution in [0.1, 0.15) is 18.4 Å². The van der Waals surface area contributed by atoms with Gasteiger partial charge in [-0.3, -0.25) is 9.59 Å². The molecule has 0 aliphatic carbocycles. The number of piperidine rings is 1. The lowest BCUT2D eigenvalue weighted by atomic mass is 9.90. The number of nitrogens with zero attached hydrogens (tertiary/aromatic N) is 2. The van der Waals surface area contributed by atoms with Gasteiger partial charge in [-0.1, -0.05) is 29.8 Å². The van der Waals surface area contributed by atoms with Crippen molar-refractivity contribution in [2.45, 2.75) is 24.9 Å². The minimum absolute atomic E-state index is 0. The van der Waals surface area contributed by atoms with E-state index in [0.29, 0.717) is 50.5 Å². The normalized spacial score (nSPS) is 19.3. The van der Waals surface area contributed by atoms with E-state index in [2.05, 4.69) is 5.32 Å². The van der Waals surface area contributed by atoms with E-state index in [1.807, 2.05) is 28.0 Å². The van der Waals surface area contributed by atoms with Gasteiger partial charge in [0.15, 0.2) is 0 Å². The number of ether oxygens (including phenoxy) is 1. The molecule has 0 aromatic heterocycles. The molecular formula is C19H27Cl2N3O3. The van der Waals surface area contributed by atoms with E-state index < -0.39 is 5.60 Å². The molecule has 150 valence electrons. The number of methoxy groups -OCH3 is 1. The molecule has 2 aliphatic rings. The molecule has 2 heterocycles. The van der Waals surface area contributed by atoms with E-state index in [1.165, 1.54) is 0 Å². The van der Waals surface area contributed by atoms with Crippen LogP contribution in [0.4, 0.5) is 0 Å². The molecule has 8 heteroatoms. The number of piperazine rings is 1. The maximum Gasteiger partial charge on any atom is 0.255 e. The van der Waals surface area contributed by atoms with Gasteiger partial charge in [0.2, 0.25) is 5.91 Å². The van der Waals surface area contributed by atoms with E-state index in [-0.39, 0.29) is 24.2 Å². The Kier molecular flexibility index (Phi) is 7.91. The Bertz CT molecular complexity index is 657. The molecule has 1 N–H and O–H groups in total. The second-order valence-electron chi connectivity index (χ2n) is 6.89. The van der Waals surface area contributed by atoms with Crippen LogP contribution in [0.15, 0.2) is 24.3 Å². The lowest BCUT2D eigenvalue weighted by Crippen LogP contribution is -2.59. The van der Waals surface area contributed by atoms with Gasteiger partial charge in [-0.15, -0.1) is 12.4 Å². The Morgan fingerprint density at radius 2 is 1.70 bits per heavy atom. The number of rotatable bonds is 4. The fourth-order valence-corrected chi connectivity index (χ4v) is 3.90. The van der Waals surface area contributed by atoms with Gasteiger partial charge in [-0.2, -0.15) is 0 Å². The standard InChI is InChI=1S/C19H26ClN3O3.ClH/c1-26-19(6-8-21-9-7-19)18(25)23-12-10-22(11-13-23)17(24)14-15-4-2-3-5-16(15)20;/h2-5,21H,6-14H2,1H3;1H. The molecule has 1 aromatic carbocycles. The van der Waals surface area contributed by atoms with Crippen LogP contribution >= 0.6 is 24.0 Å². The van der Waals surface area contributed by atoms with Crippen LogP contribution in [0.2, 0.25) is 5.02 Å². The van der Waals surface area contributed by atoms with Crippen molar-refractivity contribution < 1.29 is 14.3 Å². The van der Waals surface area contributed by atoms with Gasteiger partial charge in [-0.05, 0) is 37.6 Å². The Morgan fingerprint density at radius 1 is 1.11 bits per heavy atom. The van der Waals surface area contributed by atoms with Crippen molar-refractivity contribution in [1.82, 2.24) is 15.1 Å². The van der Waals surface area contributed by atoms with Crippen LogP contribution in [0.25, 0.3) is 0 Å². The highest BCUT2D eigenvalue weighted by Crippen LogP contribution is 2.26. The van der Waals surface area contributed by atoms with Crippen molar-refractivity contribution in [3.63, 3.8) is 0 Å². The van der Waals surface area contributed by atoms with Gasteiger partial charge in [0.1, 0.15) is 5.60 Å². The van der Waals surface area contributed by atoms with Crippen LogP contribution in [0.3, 0.4) is 0 Å². The van der Waals surface area contributed by atoms with Gasteiger partial charge in [0.25, 0.3) is 5.91 Å². The fourth-order valence-electron chi connectivity index (χ4n) is 3.70. The van der Waals surface area contributed by atoms with Crippen molar-refractivity contribution in [3.05, 3.63) is 34.9 Å². The molecule has 0 atom stereocenters. The summed E-state index contributed by atoms with van der Waals surface area (Å²) in [6.07, 6.45) is 1.67. The van der Waals surface area contributed by atoms with Crippen molar-refractivity contribution >= 4 is 35.8 Å². The average molecular weight is 416 g/mol. The number of halogens is 2. The number of nitrogens with one attached hydrogen (secondary N) is 1. The summed E-state index contributed by atoms with van der Waals surface area (Å²) in [4.78, 5) is 29.2. The Balaban J connectivity index is 0.00000261. The van der Waals surface area contributed by atoms with E-state index in [1.54, 1.807) is 13.2 Å². The van der Waals surface area contributed by atoms with Gasteiger partial charge in [0, 0.05) is 38.3 Å². The molecule has 0 bridgehead atoms. The molecule has 2 amide bonds. The second-order valence-corrected chi connectivity index (χ2v) is 7.30. The third-order valence-electron chi connectivity index (χ3n) is 5.41. The minimum Gasteiger partial charge on any atom is -0.368 e. The fraction of sp³-hybridized carbons (Fsp3) is 0.579. The molecule has 6 nitrogen and oxygen atoms in total. The molecule has 1 aromatic rings. The monoisotopic (exact) mass is 415 g/mol. The average Bonchev–Trinajstić information content (AvgIpc) is 2.69. The highest BCUT2D eigenvalue weighted by atomic mass is 35.5. The maximum atomic E-state index is 13.0. The summed E-state index contributed by atoms with van der Waals surface area (Å²) in [6, 6.07) is 7.41. The molecule has 2 aliphatic heterocycles. The summed E-state index contributed by atoms with van der Waals surface area (Å²) in [7, 11) is 1.62. The first-order chi connectivity index (χ1) is 12.6. The summed E-state index contributed by atoms with van der Waals surface area (Å²) >= 11 is 6.15. The smallest absolute Gasteiger partial charge is 0.255 e. The van der Waals surface area contributed by atoms with Gasteiger partial charge in [0.05, 0.1) is 6.42 Å². The summed E-state index contributed by atoms with van der Waals surface area (Å²) in [5.74, 6) is 0.105. The molecule has 0 spiro atoms. The predicted molar refractivity (Wildman–Crippen MR) is 107 cm³/mol. The number of amides is 2. The number of benzene rings is 1. The zero-order valence-electron chi connectivity index (χ0n) is 15.6. The third kappa shape index (κ3) is 4.93. The molecule has 2 fully saturated rings. The Morgan fingerprint density at radius 3 is 2.30 bits per heavy atom. The Hall–Kier alpha value is -1.34. The zero-order chi connectivity index (χ0) is 18.6. The molecule has 2 saturated heterocycles. The summed E-state index contributed by atoms with van der Waals surface area (Å²) in [6.45, 7) is 3.77. The summed E-state index contributed by atoms with van der Waals surface area (Å²) in [5.41, 5.74) is 0.125. The van der Waals surface area contributed by atoms with E-state index in [0.717, 1.165) is 18.7 Å². The third-order valence-corrected chi connectivity index (χ3v) is 5.78. The molecule has 0 saturated carbocycles. The second kappa shape index (κ2) is 9.73. The number of carbonyl (C=O) groups is 2. The first-order valence-electron chi connectivity index (χ1n) is 9.12. The largest absolute Gasteiger partial charge is 0.368 e. The maximum absolute atomic E-state index is 13.0. The SMILES string of the molecule is COC1(C(=O)N2CCN(C(=O)Cc3ccccc3Cl)CC2)CCNCC1.Cl. The van der Waals surface area contributed by atoms with E-state index >= 15 is 0 Å². The quantitative estimate of drug-likeness (QED) is 0.813. The van der Waals surface area contributed by atoms with Crippen LogP contribution in [0, 0.1) is 0 Å². The highest BCUT2D eigenvalue weighted by molar-refractivity contribution is 6.31. The Labute approximate surface area is 171 Å². The van der Waals surface area contributed by atoms with Crippen LogP contribution in [-0.4, -0.2) is 73.6 Å². The van der Waals surface area contributed by atoms with E-state index in [4.69, 9.17) is 16.3 Å². The van der Waals surface area contributed by atoms with Gasteiger partial charge in [-0.25, -0.2) is 0 Å². The number of carbonyl (C=O) groups excluding carboxylic acids is 2. The predicted octanol–water partition coefficient (Wildman–Crippen LogP) is 1.74. The zero-order valence-corrected chi connectivity index (χ0v) is 17.2. The van der Waals surface area contributed by atoms with Crippen molar-refractivity contribution in [2.75, 3.05) is 46.4 Å². The van der Waals surface area contributed by atoms with Crippen LogP contribution in [0.5, 0.6) is 0 Å². The number of hydrogen-bond donors (Lipinski definition) is 1. The van der Waals surface area contributed by atoms with Crippen LogP contribution in [-0.2, 0) is 20.7 Å². The first kappa shape index (κ1) is 22.0. The van der Waals surface area contributed by atoms with Crippen LogP contribution < -0.4 is 5.32 Å². The molecule has 0 radical (unpaired) electrons. The molecule has 27 heavy (non-hydrogen) atoms. The summed E-state index contributed by atoms with van der Waals surface area (Å²) in [5, 5.41) is 3.88. The molecule has 0 unspecified atom stereocenters. The van der Waals surface area contributed by atoms with Gasteiger partial charge < -0.3 is 19.9 Å².